The van der Waals surface area contributed by atoms with Gasteiger partial charge in [0.25, 0.3) is 0 Å². The van der Waals surface area contributed by atoms with Gasteiger partial charge in [-0.25, -0.2) is 9.97 Å². The number of nitrogens with zero attached hydrogens (tertiary/aromatic N) is 3. The summed E-state index contributed by atoms with van der Waals surface area (Å²) < 4.78 is 3.29. The fourth-order valence-corrected chi connectivity index (χ4v) is 5.45. The minimum Gasteiger partial charge on any atom is -0.294 e. The van der Waals surface area contributed by atoms with Crippen molar-refractivity contribution in [3.8, 4) is 39.3 Å². The Labute approximate surface area is 229 Å². The number of fused-ring (bicyclic) bond motifs is 3. The molecule has 0 aliphatic carbocycles. The van der Waals surface area contributed by atoms with Crippen molar-refractivity contribution >= 4 is 37.9 Å². The second-order valence-corrected chi connectivity index (χ2v) is 10.2. The van der Waals surface area contributed by atoms with Crippen LogP contribution in [-0.4, -0.2) is 14.5 Å². The highest BCUT2D eigenvalue weighted by atomic mass is 79.9. The molecule has 0 saturated carbocycles. The van der Waals surface area contributed by atoms with Crippen LogP contribution in [0.2, 0.25) is 0 Å². The zero-order chi connectivity index (χ0) is 25.5. The van der Waals surface area contributed by atoms with E-state index in [0.29, 0.717) is 0 Å². The lowest BCUT2D eigenvalue weighted by molar-refractivity contribution is 1.14. The molecule has 0 atom stereocenters. The van der Waals surface area contributed by atoms with Crippen molar-refractivity contribution in [2.24, 2.45) is 0 Å². The number of hydrogen-bond acceptors (Lipinski definition) is 2. The molecule has 3 heterocycles. The third-order valence-electron chi connectivity index (χ3n) is 6.91. The molecule has 0 aliphatic rings. The Morgan fingerprint density at radius 2 is 1.18 bits per heavy atom. The van der Waals surface area contributed by atoms with E-state index in [2.05, 4.69) is 130 Å². The van der Waals surface area contributed by atoms with E-state index in [4.69, 9.17) is 9.97 Å². The predicted octanol–water partition coefficient (Wildman–Crippen LogP) is 9.34. The minimum atomic E-state index is 0.954. The first kappa shape index (κ1) is 22.6. The summed E-state index contributed by atoms with van der Waals surface area (Å²) in [5, 5.41) is 2.32. The van der Waals surface area contributed by atoms with E-state index in [1.54, 1.807) is 0 Å². The summed E-state index contributed by atoms with van der Waals surface area (Å²) in [6, 6.07) is 44.3. The van der Waals surface area contributed by atoms with Crippen molar-refractivity contribution < 1.29 is 0 Å². The maximum atomic E-state index is 5.02. The second-order valence-electron chi connectivity index (χ2n) is 9.28. The normalized spacial score (nSPS) is 11.3. The van der Waals surface area contributed by atoms with E-state index in [1.807, 2.05) is 24.4 Å². The fraction of sp³-hybridized carbons (Fsp3) is 0. The number of aromatic nitrogens is 3. The average molecular weight is 552 g/mol. The predicted molar refractivity (Wildman–Crippen MR) is 160 cm³/mol. The molecule has 0 amide bonds. The summed E-state index contributed by atoms with van der Waals surface area (Å²) in [5.74, 6) is 0. The highest BCUT2D eigenvalue weighted by molar-refractivity contribution is 9.10. The molecule has 0 bridgehead atoms. The van der Waals surface area contributed by atoms with Crippen molar-refractivity contribution in [3.05, 3.63) is 138 Å². The molecule has 4 aromatic carbocycles. The van der Waals surface area contributed by atoms with E-state index in [9.17, 15) is 0 Å². The maximum Gasteiger partial charge on any atom is 0.145 e. The van der Waals surface area contributed by atoms with Crippen molar-refractivity contribution in [1.82, 2.24) is 14.5 Å². The molecule has 0 unspecified atom stereocenters. The van der Waals surface area contributed by atoms with Gasteiger partial charge in [-0.1, -0.05) is 88.7 Å². The first-order valence-corrected chi connectivity index (χ1v) is 13.3. The van der Waals surface area contributed by atoms with Gasteiger partial charge < -0.3 is 0 Å². The molecule has 0 N–H and O–H groups in total. The van der Waals surface area contributed by atoms with Crippen LogP contribution >= 0.6 is 15.9 Å². The molecule has 3 nitrogen and oxygen atoms in total. The summed E-state index contributed by atoms with van der Waals surface area (Å²) in [6.45, 7) is 0. The topological polar surface area (TPSA) is 30.7 Å². The third-order valence-corrected chi connectivity index (χ3v) is 7.40. The van der Waals surface area contributed by atoms with Crippen LogP contribution in [0.1, 0.15) is 0 Å². The summed E-state index contributed by atoms with van der Waals surface area (Å²) >= 11 is 3.63. The first-order chi connectivity index (χ1) is 18.7. The SMILES string of the molecule is Brc1ccc2c(c1)c1cccnc1n2-c1ccc(-c2cc(-c3ccccc3)nc(-c3ccccc3)c2)cc1. The van der Waals surface area contributed by atoms with Gasteiger partial charge in [0.1, 0.15) is 5.65 Å². The van der Waals surface area contributed by atoms with Crippen molar-refractivity contribution in [1.29, 1.82) is 0 Å². The number of rotatable bonds is 4. The summed E-state index contributed by atoms with van der Waals surface area (Å²) in [7, 11) is 0. The highest BCUT2D eigenvalue weighted by Gasteiger charge is 2.14. The molecule has 3 aromatic heterocycles. The Kier molecular flexibility index (Phi) is 5.60. The van der Waals surface area contributed by atoms with E-state index in [0.717, 1.165) is 60.4 Å². The quantitative estimate of drug-likeness (QED) is 0.218. The lowest BCUT2D eigenvalue weighted by atomic mass is 10.00. The van der Waals surface area contributed by atoms with Gasteiger partial charge >= 0.3 is 0 Å². The molecule has 0 spiro atoms. The van der Waals surface area contributed by atoms with E-state index < -0.39 is 0 Å². The molecule has 7 aromatic rings. The van der Waals surface area contributed by atoms with Gasteiger partial charge in [-0.3, -0.25) is 4.57 Å². The van der Waals surface area contributed by atoms with Crippen LogP contribution in [0.25, 0.3) is 61.3 Å². The van der Waals surface area contributed by atoms with Crippen LogP contribution in [0.5, 0.6) is 0 Å². The zero-order valence-electron chi connectivity index (χ0n) is 20.4. The zero-order valence-corrected chi connectivity index (χ0v) is 22.0. The number of halogens is 1. The summed E-state index contributed by atoms with van der Waals surface area (Å²) in [4.78, 5) is 9.75. The lowest BCUT2D eigenvalue weighted by Gasteiger charge is -2.12. The highest BCUT2D eigenvalue weighted by Crippen LogP contribution is 2.34. The fourth-order valence-electron chi connectivity index (χ4n) is 5.09. The van der Waals surface area contributed by atoms with Crippen molar-refractivity contribution in [3.63, 3.8) is 0 Å². The lowest BCUT2D eigenvalue weighted by Crippen LogP contribution is -1.95. The molecule has 0 fully saturated rings. The second kappa shape index (κ2) is 9.40. The smallest absolute Gasteiger partial charge is 0.145 e. The van der Waals surface area contributed by atoms with E-state index >= 15 is 0 Å². The Morgan fingerprint density at radius 3 is 1.84 bits per heavy atom. The molecular weight excluding hydrogens is 530 g/mol. The average Bonchev–Trinajstić information content (AvgIpc) is 3.31. The Morgan fingerprint density at radius 1 is 0.526 bits per heavy atom. The largest absolute Gasteiger partial charge is 0.294 e. The van der Waals surface area contributed by atoms with Crippen LogP contribution in [0.3, 0.4) is 0 Å². The minimum absolute atomic E-state index is 0.954. The van der Waals surface area contributed by atoms with Gasteiger partial charge in [-0.15, -0.1) is 0 Å². The number of pyridine rings is 2. The molecule has 0 aliphatic heterocycles. The van der Waals surface area contributed by atoms with E-state index in [-0.39, 0.29) is 0 Å². The van der Waals surface area contributed by atoms with Crippen LogP contribution < -0.4 is 0 Å². The van der Waals surface area contributed by atoms with E-state index in [1.165, 1.54) is 5.39 Å². The first-order valence-electron chi connectivity index (χ1n) is 12.5. The van der Waals surface area contributed by atoms with Crippen LogP contribution in [0.4, 0.5) is 0 Å². The standard InChI is InChI=1S/C34H22BrN3/c35-27-15-18-33-30(22-27)29-12-7-19-36-34(29)38(33)28-16-13-23(14-17-28)26-20-31(24-8-3-1-4-9-24)37-32(21-26)25-10-5-2-6-11-25/h1-22H. The summed E-state index contributed by atoms with van der Waals surface area (Å²) in [5.41, 5.74) is 9.57. The Balaban J connectivity index is 1.37. The van der Waals surface area contributed by atoms with Crippen LogP contribution in [-0.2, 0) is 0 Å². The molecule has 7 rings (SSSR count). The number of benzene rings is 4. The van der Waals surface area contributed by atoms with Gasteiger partial charge in [-0.2, -0.15) is 0 Å². The van der Waals surface area contributed by atoms with Gasteiger partial charge in [0, 0.05) is 38.3 Å². The molecular formula is C34H22BrN3. The van der Waals surface area contributed by atoms with Crippen molar-refractivity contribution in [2.75, 3.05) is 0 Å². The van der Waals surface area contributed by atoms with Gasteiger partial charge in [-0.05, 0) is 65.7 Å². The Bertz CT molecular complexity index is 1850. The molecule has 38 heavy (non-hydrogen) atoms. The van der Waals surface area contributed by atoms with Gasteiger partial charge in [0.15, 0.2) is 0 Å². The molecule has 4 heteroatoms. The van der Waals surface area contributed by atoms with Gasteiger partial charge in [0.05, 0.1) is 16.9 Å². The molecule has 0 radical (unpaired) electrons. The van der Waals surface area contributed by atoms with Crippen LogP contribution in [0, 0.1) is 0 Å². The summed E-state index contributed by atoms with van der Waals surface area (Å²) in [6.07, 6.45) is 1.86. The van der Waals surface area contributed by atoms with Gasteiger partial charge in [0.2, 0.25) is 0 Å². The molecule has 0 saturated heterocycles. The van der Waals surface area contributed by atoms with Crippen LogP contribution in [0.15, 0.2) is 138 Å². The molecule has 180 valence electrons. The van der Waals surface area contributed by atoms with Crippen molar-refractivity contribution in [2.45, 2.75) is 0 Å². The maximum absolute atomic E-state index is 5.02. The Hall–Kier alpha value is -4.54. The third kappa shape index (κ3) is 4.00. The monoisotopic (exact) mass is 551 g/mol. The number of hydrogen-bond donors (Lipinski definition) is 0.